The van der Waals surface area contributed by atoms with Gasteiger partial charge in [-0.25, -0.2) is 0 Å². The highest BCUT2D eigenvalue weighted by Crippen LogP contribution is 2.37. The molecule has 0 spiro atoms. The predicted octanol–water partition coefficient (Wildman–Crippen LogP) is 8.72. The molecule has 6 aromatic carbocycles. The van der Waals surface area contributed by atoms with Gasteiger partial charge in [0, 0.05) is 0 Å². The number of fused-ring (bicyclic) bond motifs is 3. The van der Waals surface area contributed by atoms with Crippen molar-refractivity contribution in [1.82, 2.24) is 0 Å². The van der Waals surface area contributed by atoms with Crippen LogP contribution in [-0.4, -0.2) is 0 Å². The fourth-order valence-electron chi connectivity index (χ4n) is 5.41. The third-order valence-electron chi connectivity index (χ3n) is 7.13. The van der Waals surface area contributed by atoms with E-state index in [0.717, 1.165) is 25.7 Å². The molecule has 164 valence electrons. The van der Waals surface area contributed by atoms with Crippen LogP contribution >= 0.6 is 0 Å². The normalized spacial score (nSPS) is 11.4. The van der Waals surface area contributed by atoms with Crippen LogP contribution in [-0.2, 0) is 25.7 Å². The van der Waals surface area contributed by atoms with Gasteiger partial charge in [0.2, 0.25) is 0 Å². The molecule has 0 unspecified atom stereocenters. The summed E-state index contributed by atoms with van der Waals surface area (Å²) < 4.78 is 0. The van der Waals surface area contributed by atoms with Crippen molar-refractivity contribution in [1.29, 1.82) is 0 Å². The van der Waals surface area contributed by atoms with Gasteiger partial charge in [-0.1, -0.05) is 109 Å². The Kier molecular flexibility index (Phi) is 5.57. The third-order valence-corrected chi connectivity index (χ3v) is 7.13. The fourth-order valence-corrected chi connectivity index (χ4v) is 5.41. The summed E-state index contributed by atoms with van der Waals surface area (Å²) in [6.07, 6.45) is 4.18. The molecule has 0 saturated carbocycles. The topological polar surface area (TPSA) is 0 Å². The van der Waals surface area contributed by atoms with E-state index >= 15 is 0 Å². The van der Waals surface area contributed by atoms with Gasteiger partial charge in [0.25, 0.3) is 0 Å². The Hall–Kier alpha value is -3.90. The smallest absolute Gasteiger partial charge is 0.0136 e. The molecule has 0 bridgehead atoms. The fraction of sp³-hybridized carbons (Fsp3) is 0.118. The van der Waals surface area contributed by atoms with Crippen LogP contribution in [0.4, 0.5) is 0 Å². The van der Waals surface area contributed by atoms with Crippen molar-refractivity contribution < 1.29 is 0 Å². The summed E-state index contributed by atoms with van der Waals surface area (Å²) in [5.74, 6) is 0. The Balaban J connectivity index is 1.56. The first-order valence-corrected chi connectivity index (χ1v) is 12.3. The Bertz CT molecular complexity index is 1460. The summed E-state index contributed by atoms with van der Waals surface area (Å²) in [6, 6.07) is 44.5. The zero-order chi connectivity index (χ0) is 22.7. The average Bonchev–Trinajstić information content (AvgIpc) is 2.91. The lowest BCUT2D eigenvalue weighted by atomic mass is 9.86. The molecule has 0 radical (unpaired) electrons. The predicted molar refractivity (Wildman–Crippen MR) is 147 cm³/mol. The third kappa shape index (κ3) is 3.97. The quantitative estimate of drug-likeness (QED) is 0.229. The van der Waals surface area contributed by atoms with E-state index in [2.05, 4.69) is 121 Å². The maximum Gasteiger partial charge on any atom is -0.0136 e. The van der Waals surface area contributed by atoms with Crippen LogP contribution in [0.25, 0.3) is 32.3 Å². The average molecular weight is 437 g/mol. The van der Waals surface area contributed by atoms with Gasteiger partial charge in [-0.2, -0.15) is 0 Å². The number of aryl methyl sites for hydroxylation is 4. The van der Waals surface area contributed by atoms with Gasteiger partial charge in [-0.3, -0.25) is 0 Å². The molecule has 0 fully saturated rings. The van der Waals surface area contributed by atoms with Crippen LogP contribution in [0.1, 0.15) is 22.3 Å². The highest BCUT2D eigenvalue weighted by Gasteiger charge is 2.15. The number of rotatable bonds is 6. The molecule has 0 aromatic heterocycles. The second kappa shape index (κ2) is 9.15. The maximum absolute atomic E-state index is 2.43. The molecular weight excluding hydrogens is 408 g/mol. The Labute approximate surface area is 201 Å². The molecule has 0 aliphatic rings. The molecule has 0 saturated heterocycles. The van der Waals surface area contributed by atoms with Crippen molar-refractivity contribution in [2.24, 2.45) is 0 Å². The maximum atomic E-state index is 2.43. The van der Waals surface area contributed by atoms with Crippen molar-refractivity contribution in [3.05, 3.63) is 144 Å². The van der Waals surface area contributed by atoms with Crippen molar-refractivity contribution in [3.8, 4) is 0 Å². The molecule has 0 nitrogen and oxygen atoms in total. The van der Waals surface area contributed by atoms with Crippen LogP contribution in [0.2, 0.25) is 0 Å². The van der Waals surface area contributed by atoms with Crippen molar-refractivity contribution in [2.75, 3.05) is 0 Å². The highest BCUT2D eigenvalue weighted by atomic mass is 14.2. The van der Waals surface area contributed by atoms with E-state index in [-0.39, 0.29) is 0 Å². The summed E-state index contributed by atoms with van der Waals surface area (Å²) in [7, 11) is 0. The molecule has 6 aromatic rings. The molecule has 34 heavy (non-hydrogen) atoms. The molecule has 0 heteroatoms. The lowest BCUT2D eigenvalue weighted by molar-refractivity contribution is 0.966. The standard InChI is InChI=1S/C34H28/c1-3-11-25(12-4-1)19-21-31-29-17-9-10-18-30(29)32(22-20-26-13-5-2-6-14-26)34-24-28-16-8-7-15-27(28)23-33(31)34/h1-18,23-24H,19-22H2. The SMILES string of the molecule is c1ccc(CCc2c3ccccc3c(CCc3ccccc3)c3cc4ccccc4cc23)cc1. The lowest BCUT2D eigenvalue weighted by Gasteiger charge is -2.18. The van der Waals surface area contributed by atoms with E-state index in [1.54, 1.807) is 0 Å². The first-order chi connectivity index (χ1) is 16.9. The van der Waals surface area contributed by atoms with Gasteiger partial charge in [0.1, 0.15) is 0 Å². The summed E-state index contributed by atoms with van der Waals surface area (Å²) >= 11 is 0. The van der Waals surface area contributed by atoms with Crippen LogP contribution in [0.3, 0.4) is 0 Å². The minimum Gasteiger partial charge on any atom is -0.0622 e. The summed E-state index contributed by atoms with van der Waals surface area (Å²) in [5, 5.41) is 8.28. The molecule has 0 atom stereocenters. The molecule has 0 aliphatic heterocycles. The first-order valence-electron chi connectivity index (χ1n) is 12.3. The molecule has 6 rings (SSSR count). The van der Waals surface area contributed by atoms with Crippen molar-refractivity contribution in [2.45, 2.75) is 25.7 Å². The zero-order valence-corrected chi connectivity index (χ0v) is 19.4. The van der Waals surface area contributed by atoms with E-state index in [9.17, 15) is 0 Å². The van der Waals surface area contributed by atoms with Crippen LogP contribution in [0.5, 0.6) is 0 Å². The van der Waals surface area contributed by atoms with Crippen LogP contribution in [0, 0.1) is 0 Å². The van der Waals surface area contributed by atoms with Gasteiger partial charge in [0.15, 0.2) is 0 Å². The van der Waals surface area contributed by atoms with E-state index < -0.39 is 0 Å². The minimum atomic E-state index is 1.04. The summed E-state index contributed by atoms with van der Waals surface area (Å²) in [4.78, 5) is 0. The summed E-state index contributed by atoms with van der Waals surface area (Å²) in [5.41, 5.74) is 5.75. The highest BCUT2D eigenvalue weighted by molar-refractivity contribution is 6.10. The lowest BCUT2D eigenvalue weighted by Crippen LogP contribution is -2.00. The van der Waals surface area contributed by atoms with Crippen LogP contribution < -0.4 is 0 Å². The molecule has 0 aliphatic carbocycles. The number of hydrogen-bond donors (Lipinski definition) is 0. The van der Waals surface area contributed by atoms with Gasteiger partial charge in [-0.15, -0.1) is 0 Å². The van der Waals surface area contributed by atoms with Crippen molar-refractivity contribution in [3.63, 3.8) is 0 Å². The molecular formula is C34H28. The van der Waals surface area contributed by atoms with E-state index in [1.165, 1.54) is 54.6 Å². The van der Waals surface area contributed by atoms with Crippen LogP contribution in [0.15, 0.2) is 121 Å². The Morgan fingerprint density at radius 2 is 0.706 bits per heavy atom. The largest absolute Gasteiger partial charge is 0.0622 e. The first kappa shape index (κ1) is 20.7. The molecule has 0 N–H and O–H groups in total. The zero-order valence-electron chi connectivity index (χ0n) is 19.4. The molecule has 0 amide bonds. The number of hydrogen-bond acceptors (Lipinski definition) is 0. The monoisotopic (exact) mass is 436 g/mol. The van der Waals surface area contributed by atoms with Crippen molar-refractivity contribution >= 4 is 32.3 Å². The molecule has 0 heterocycles. The van der Waals surface area contributed by atoms with Gasteiger partial charge >= 0.3 is 0 Å². The summed E-state index contributed by atoms with van der Waals surface area (Å²) in [6.45, 7) is 0. The van der Waals surface area contributed by atoms with E-state index in [4.69, 9.17) is 0 Å². The van der Waals surface area contributed by atoms with E-state index in [1.807, 2.05) is 0 Å². The minimum absolute atomic E-state index is 1.04. The van der Waals surface area contributed by atoms with Gasteiger partial charge < -0.3 is 0 Å². The Morgan fingerprint density at radius 3 is 1.15 bits per heavy atom. The van der Waals surface area contributed by atoms with Gasteiger partial charge in [0.05, 0.1) is 0 Å². The second-order valence-electron chi connectivity index (χ2n) is 9.22. The van der Waals surface area contributed by atoms with E-state index in [0.29, 0.717) is 0 Å². The number of benzene rings is 6. The Morgan fingerprint density at radius 1 is 0.324 bits per heavy atom. The van der Waals surface area contributed by atoms with Gasteiger partial charge in [-0.05, 0) is 92.4 Å². The second-order valence-corrected chi connectivity index (χ2v) is 9.22.